The van der Waals surface area contributed by atoms with Crippen LogP contribution < -0.4 is 5.73 Å². The highest BCUT2D eigenvalue weighted by Crippen LogP contribution is 2.23. The standard InChI is InChI=1S/C18H21N3O2S.ClH/c1-15-8-9-17(13-20)12-18(15)24(22,23)21(11-5-10-19)14-16-6-3-2-4-7-16;/h2-4,6-9,12H,5,10-11,14,19H2,1H3;1H. The van der Waals surface area contributed by atoms with E-state index in [0.29, 0.717) is 30.6 Å². The number of benzene rings is 2. The third-order valence-electron chi connectivity index (χ3n) is 3.75. The zero-order valence-corrected chi connectivity index (χ0v) is 15.7. The van der Waals surface area contributed by atoms with Gasteiger partial charge in [-0.25, -0.2) is 8.42 Å². The molecule has 0 aliphatic heterocycles. The summed E-state index contributed by atoms with van der Waals surface area (Å²) in [5, 5.41) is 9.06. The van der Waals surface area contributed by atoms with E-state index >= 15 is 0 Å². The highest BCUT2D eigenvalue weighted by molar-refractivity contribution is 7.89. The first-order valence-electron chi connectivity index (χ1n) is 7.74. The van der Waals surface area contributed by atoms with Gasteiger partial charge in [-0.15, -0.1) is 12.4 Å². The Hall–Kier alpha value is -1.91. The van der Waals surface area contributed by atoms with E-state index in [1.54, 1.807) is 19.1 Å². The first kappa shape index (κ1) is 21.1. The molecule has 7 heteroatoms. The summed E-state index contributed by atoms with van der Waals surface area (Å²) >= 11 is 0. The van der Waals surface area contributed by atoms with Crippen LogP contribution in [0.3, 0.4) is 0 Å². The van der Waals surface area contributed by atoms with Gasteiger partial charge in [0, 0.05) is 13.1 Å². The number of sulfonamides is 1. The highest BCUT2D eigenvalue weighted by atomic mass is 35.5. The minimum Gasteiger partial charge on any atom is -0.330 e. The van der Waals surface area contributed by atoms with Gasteiger partial charge in [-0.05, 0) is 43.1 Å². The van der Waals surface area contributed by atoms with Gasteiger partial charge in [-0.3, -0.25) is 0 Å². The molecule has 134 valence electrons. The van der Waals surface area contributed by atoms with Crippen molar-refractivity contribution in [3.63, 3.8) is 0 Å². The molecule has 2 aromatic rings. The lowest BCUT2D eigenvalue weighted by Crippen LogP contribution is -2.33. The molecule has 0 aliphatic rings. The molecular weight excluding hydrogens is 358 g/mol. The molecule has 0 unspecified atom stereocenters. The number of hydrogen-bond acceptors (Lipinski definition) is 4. The zero-order valence-electron chi connectivity index (χ0n) is 14.1. The molecule has 0 aliphatic carbocycles. The minimum absolute atomic E-state index is 0. The van der Waals surface area contributed by atoms with Crippen molar-refractivity contribution in [1.29, 1.82) is 5.26 Å². The van der Waals surface area contributed by atoms with E-state index in [-0.39, 0.29) is 23.8 Å². The maximum atomic E-state index is 13.1. The van der Waals surface area contributed by atoms with Crippen molar-refractivity contribution in [3.8, 4) is 6.07 Å². The quantitative estimate of drug-likeness (QED) is 0.801. The number of nitrogens with zero attached hydrogens (tertiary/aromatic N) is 2. The topological polar surface area (TPSA) is 87.2 Å². The van der Waals surface area contributed by atoms with Crippen LogP contribution in [-0.4, -0.2) is 25.8 Å². The number of hydrogen-bond donors (Lipinski definition) is 1. The smallest absolute Gasteiger partial charge is 0.243 e. The zero-order chi connectivity index (χ0) is 17.6. The van der Waals surface area contributed by atoms with Crippen LogP contribution in [0.25, 0.3) is 0 Å². The maximum absolute atomic E-state index is 13.1. The summed E-state index contributed by atoms with van der Waals surface area (Å²) in [7, 11) is -3.71. The van der Waals surface area contributed by atoms with Crippen molar-refractivity contribution in [3.05, 3.63) is 65.2 Å². The number of nitrogens with two attached hydrogens (primary N) is 1. The largest absolute Gasteiger partial charge is 0.330 e. The van der Waals surface area contributed by atoms with Gasteiger partial charge in [0.15, 0.2) is 0 Å². The maximum Gasteiger partial charge on any atom is 0.243 e. The summed E-state index contributed by atoms with van der Waals surface area (Å²) in [4.78, 5) is 0.175. The predicted octanol–water partition coefficient (Wildman–Crippen LogP) is 2.83. The monoisotopic (exact) mass is 379 g/mol. The number of rotatable bonds is 7. The van der Waals surface area contributed by atoms with Crippen LogP contribution in [0.1, 0.15) is 23.1 Å². The van der Waals surface area contributed by atoms with Gasteiger partial charge in [-0.2, -0.15) is 9.57 Å². The van der Waals surface area contributed by atoms with E-state index in [4.69, 9.17) is 11.0 Å². The first-order valence-corrected chi connectivity index (χ1v) is 9.18. The molecule has 0 amide bonds. The average Bonchev–Trinajstić information content (AvgIpc) is 2.59. The highest BCUT2D eigenvalue weighted by Gasteiger charge is 2.26. The molecule has 0 radical (unpaired) electrons. The molecule has 2 aromatic carbocycles. The molecule has 0 saturated carbocycles. The Morgan fingerprint density at radius 1 is 1.16 bits per heavy atom. The van der Waals surface area contributed by atoms with Gasteiger partial charge in [-0.1, -0.05) is 36.4 Å². The Kier molecular flexibility index (Phi) is 8.07. The van der Waals surface area contributed by atoms with E-state index in [1.807, 2.05) is 36.4 Å². The van der Waals surface area contributed by atoms with Gasteiger partial charge in [0.1, 0.15) is 0 Å². The van der Waals surface area contributed by atoms with Gasteiger partial charge in [0.25, 0.3) is 0 Å². The van der Waals surface area contributed by atoms with Gasteiger partial charge >= 0.3 is 0 Å². The summed E-state index contributed by atoms with van der Waals surface area (Å²) in [6.45, 7) is 2.76. The third kappa shape index (κ3) is 5.28. The second-order valence-electron chi connectivity index (χ2n) is 5.56. The van der Waals surface area contributed by atoms with Crippen molar-refractivity contribution in [2.45, 2.75) is 24.8 Å². The van der Waals surface area contributed by atoms with E-state index in [1.165, 1.54) is 10.4 Å². The summed E-state index contributed by atoms with van der Waals surface area (Å²) in [6, 6.07) is 16.1. The molecule has 0 fully saturated rings. The first-order chi connectivity index (χ1) is 11.5. The fourth-order valence-electron chi connectivity index (χ4n) is 2.43. The van der Waals surface area contributed by atoms with Crippen LogP contribution in [0.15, 0.2) is 53.4 Å². The van der Waals surface area contributed by atoms with Crippen molar-refractivity contribution in [1.82, 2.24) is 4.31 Å². The molecule has 2 rings (SSSR count). The van der Waals surface area contributed by atoms with Crippen LogP contribution in [0.4, 0.5) is 0 Å². The Morgan fingerprint density at radius 3 is 2.44 bits per heavy atom. The van der Waals surface area contributed by atoms with Crippen LogP contribution in [0.2, 0.25) is 0 Å². The Morgan fingerprint density at radius 2 is 1.84 bits per heavy atom. The molecular formula is C18H22ClN3O2S. The van der Waals surface area contributed by atoms with E-state index < -0.39 is 10.0 Å². The third-order valence-corrected chi connectivity index (χ3v) is 5.74. The predicted molar refractivity (Wildman–Crippen MR) is 101 cm³/mol. The van der Waals surface area contributed by atoms with Crippen molar-refractivity contribution in [2.24, 2.45) is 5.73 Å². The summed E-state index contributed by atoms with van der Waals surface area (Å²) in [6.07, 6.45) is 0.572. The van der Waals surface area contributed by atoms with Crippen LogP contribution in [0, 0.1) is 18.3 Å². The molecule has 0 saturated heterocycles. The van der Waals surface area contributed by atoms with Crippen LogP contribution in [0.5, 0.6) is 0 Å². The minimum atomic E-state index is -3.71. The van der Waals surface area contributed by atoms with Crippen LogP contribution >= 0.6 is 12.4 Å². The number of halogens is 1. The Bertz CT molecular complexity index is 833. The average molecular weight is 380 g/mol. The summed E-state index contributed by atoms with van der Waals surface area (Å²) < 4.78 is 27.6. The Balaban J connectivity index is 0.00000312. The lowest BCUT2D eigenvalue weighted by Gasteiger charge is -2.23. The summed E-state index contributed by atoms with van der Waals surface area (Å²) in [5.41, 5.74) is 7.43. The van der Waals surface area contributed by atoms with Crippen LogP contribution in [-0.2, 0) is 16.6 Å². The Labute approximate surface area is 155 Å². The SMILES string of the molecule is Cc1ccc(C#N)cc1S(=O)(=O)N(CCCN)Cc1ccccc1.Cl. The molecule has 0 atom stereocenters. The van der Waals surface area contributed by atoms with Gasteiger partial charge < -0.3 is 5.73 Å². The molecule has 0 bridgehead atoms. The molecule has 0 heterocycles. The second-order valence-corrected chi connectivity index (χ2v) is 7.46. The van der Waals surface area contributed by atoms with Gasteiger partial charge in [0.2, 0.25) is 10.0 Å². The van der Waals surface area contributed by atoms with E-state index in [9.17, 15) is 8.42 Å². The number of nitriles is 1. The lowest BCUT2D eigenvalue weighted by atomic mass is 10.2. The molecule has 0 aromatic heterocycles. The van der Waals surface area contributed by atoms with Crippen molar-refractivity contribution < 1.29 is 8.42 Å². The van der Waals surface area contributed by atoms with Crippen molar-refractivity contribution in [2.75, 3.05) is 13.1 Å². The fourth-order valence-corrected chi connectivity index (χ4v) is 4.14. The van der Waals surface area contributed by atoms with Crippen molar-refractivity contribution >= 4 is 22.4 Å². The van der Waals surface area contributed by atoms with E-state index in [0.717, 1.165) is 5.56 Å². The molecule has 2 N–H and O–H groups in total. The normalized spacial score (nSPS) is 11.0. The second kappa shape index (κ2) is 9.54. The molecule has 5 nitrogen and oxygen atoms in total. The number of aryl methyl sites for hydroxylation is 1. The van der Waals surface area contributed by atoms with E-state index in [2.05, 4.69) is 0 Å². The summed E-state index contributed by atoms with van der Waals surface area (Å²) in [5.74, 6) is 0. The molecule has 0 spiro atoms. The van der Waals surface area contributed by atoms with Gasteiger partial charge in [0.05, 0.1) is 16.5 Å². The fraction of sp³-hybridized carbons (Fsp3) is 0.278. The lowest BCUT2D eigenvalue weighted by molar-refractivity contribution is 0.401. The molecule has 25 heavy (non-hydrogen) atoms.